The SMILES string of the molecule is COc1ccc(OC)c(NC(=O)Nc2ccc(-c3ccc(=O)n(C)n3)cc2)c1. The second kappa shape index (κ2) is 8.26. The summed E-state index contributed by atoms with van der Waals surface area (Å²) in [6.45, 7) is 0. The van der Waals surface area contributed by atoms with Crippen LogP contribution in [0, 0.1) is 0 Å². The molecule has 0 radical (unpaired) electrons. The maximum absolute atomic E-state index is 12.3. The summed E-state index contributed by atoms with van der Waals surface area (Å²) in [5, 5.41) is 9.70. The van der Waals surface area contributed by atoms with Crippen molar-refractivity contribution < 1.29 is 14.3 Å². The number of hydrogen-bond acceptors (Lipinski definition) is 5. The number of amides is 2. The number of urea groups is 1. The van der Waals surface area contributed by atoms with Crippen molar-refractivity contribution in [3.63, 3.8) is 0 Å². The number of hydrogen-bond donors (Lipinski definition) is 2. The Morgan fingerprint density at radius 2 is 1.71 bits per heavy atom. The molecular weight excluding hydrogens is 360 g/mol. The molecule has 0 atom stereocenters. The van der Waals surface area contributed by atoms with Crippen LogP contribution in [0.3, 0.4) is 0 Å². The third-order valence-corrected chi connectivity index (χ3v) is 4.05. The van der Waals surface area contributed by atoms with E-state index in [1.54, 1.807) is 50.6 Å². The second-order valence-corrected chi connectivity index (χ2v) is 5.90. The Bertz CT molecular complexity index is 1040. The lowest BCUT2D eigenvalue weighted by Crippen LogP contribution is -2.20. The van der Waals surface area contributed by atoms with E-state index < -0.39 is 6.03 Å². The Morgan fingerprint density at radius 1 is 0.964 bits per heavy atom. The number of carbonyl (C=O) groups excluding carboxylic acids is 1. The first kappa shape index (κ1) is 19.0. The smallest absolute Gasteiger partial charge is 0.323 e. The molecule has 3 rings (SSSR count). The summed E-state index contributed by atoms with van der Waals surface area (Å²) < 4.78 is 11.7. The van der Waals surface area contributed by atoms with E-state index in [-0.39, 0.29) is 5.56 Å². The molecule has 0 aliphatic rings. The molecule has 0 fully saturated rings. The lowest BCUT2D eigenvalue weighted by atomic mass is 10.1. The number of nitrogens with one attached hydrogen (secondary N) is 2. The average Bonchev–Trinajstić information content (AvgIpc) is 2.70. The van der Waals surface area contributed by atoms with E-state index in [4.69, 9.17) is 9.47 Å². The van der Waals surface area contributed by atoms with E-state index in [1.165, 1.54) is 17.9 Å². The molecule has 144 valence electrons. The van der Waals surface area contributed by atoms with E-state index in [0.29, 0.717) is 28.6 Å². The summed E-state index contributed by atoms with van der Waals surface area (Å²) in [4.78, 5) is 23.8. The van der Waals surface area contributed by atoms with E-state index in [1.807, 2.05) is 12.1 Å². The number of ether oxygens (including phenoxy) is 2. The van der Waals surface area contributed by atoms with Gasteiger partial charge in [0.05, 0.1) is 25.6 Å². The maximum Gasteiger partial charge on any atom is 0.323 e. The minimum absolute atomic E-state index is 0.174. The van der Waals surface area contributed by atoms with Crippen molar-refractivity contribution in [2.24, 2.45) is 7.05 Å². The summed E-state index contributed by atoms with van der Waals surface area (Å²) in [5.41, 5.74) is 2.42. The number of methoxy groups -OCH3 is 2. The van der Waals surface area contributed by atoms with Gasteiger partial charge in [0.25, 0.3) is 5.56 Å². The number of benzene rings is 2. The van der Waals surface area contributed by atoms with Crippen molar-refractivity contribution in [2.45, 2.75) is 0 Å². The quantitative estimate of drug-likeness (QED) is 0.709. The fourth-order valence-electron chi connectivity index (χ4n) is 2.58. The molecule has 2 amide bonds. The van der Waals surface area contributed by atoms with Gasteiger partial charge in [-0.05, 0) is 30.3 Å². The number of nitrogens with zero attached hydrogens (tertiary/aromatic N) is 2. The number of carbonyl (C=O) groups is 1. The fourth-order valence-corrected chi connectivity index (χ4v) is 2.58. The third kappa shape index (κ3) is 4.29. The van der Waals surface area contributed by atoms with Gasteiger partial charge < -0.3 is 20.1 Å². The van der Waals surface area contributed by atoms with Gasteiger partial charge in [-0.25, -0.2) is 9.48 Å². The monoisotopic (exact) mass is 380 g/mol. The molecule has 0 unspecified atom stereocenters. The highest BCUT2D eigenvalue weighted by molar-refractivity contribution is 6.00. The summed E-state index contributed by atoms with van der Waals surface area (Å²) in [5.74, 6) is 1.12. The van der Waals surface area contributed by atoms with Gasteiger partial charge in [-0.3, -0.25) is 4.79 Å². The lowest BCUT2D eigenvalue weighted by molar-refractivity contribution is 0.262. The van der Waals surface area contributed by atoms with Crippen molar-refractivity contribution >= 4 is 17.4 Å². The number of aromatic nitrogens is 2. The number of aryl methyl sites for hydroxylation is 1. The van der Waals surface area contributed by atoms with Crippen molar-refractivity contribution in [2.75, 3.05) is 24.9 Å². The molecule has 2 aromatic carbocycles. The molecule has 0 saturated carbocycles. The molecule has 1 aromatic heterocycles. The molecule has 0 bridgehead atoms. The largest absolute Gasteiger partial charge is 0.497 e. The maximum atomic E-state index is 12.3. The van der Waals surface area contributed by atoms with Gasteiger partial charge in [0, 0.05) is 30.4 Å². The molecule has 28 heavy (non-hydrogen) atoms. The van der Waals surface area contributed by atoms with Gasteiger partial charge in [-0.15, -0.1) is 0 Å². The zero-order valence-corrected chi connectivity index (χ0v) is 15.7. The summed E-state index contributed by atoms with van der Waals surface area (Å²) in [6, 6.07) is 15.0. The molecule has 0 saturated heterocycles. The van der Waals surface area contributed by atoms with E-state index in [0.717, 1.165) is 5.56 Å². The predicted molar refractivity (Wildman–Crippen MR) is 107 cm³/mol. The summed E-state index contributed by atoms with van der Waals surface area (Å²) in [6.07, 6.45) is 0. The highest BCUT2D eigenvalue weighted by Gasteiger charge is 2.10. The summed E-state index contributed by atoms with van der Waals surface area (Å²) in [7, 11) is 4.67. The molecule has 8 heteroatoms. The molecule has 0 aliphatic carbocycles. The lowest BCUT2D eigenvalue weighted by Gasteiger charge is -2.12. The molecule has 0 aliphatic heterocycles. The zero-order valence-electron chi connectivity index (χ0n) is 15.7. The van der Waals surface area contributed by atoms with Crippen LogP contribution in [0.25, 0.3) is 11.3 Å². The van der Waals surface area contributed by atoms with Crippen LogP contribution in [0.1, 0.15) is 0 Å². The Balaban J connectivity index is 1.71. The van der Waals surface area contributed by atoms with Crippen molar-refractivity contribution in [3.05, 3.63) is 65.0 Å². The topological polar surface area (TPSA) is 94.5 Å². The van der Waals surface area contributed by atoms with Crippen LogP contribution in [0.4, 0.5) is 16.2 Å². The van der Waals surface area contributed by atoms with Crippen molar-refractivity contribution in [1.29, 1.82) is 0 Å². The van der Waals surface area contributed by atoms with Gasteiger partial charge in [-0.1, -0.05) is 12.1 Å². The first-order valence-electron chi connectivity index (χ1n) is 8.45. The van der Waals surface area contributed by atoms with Crippen molar-refractivity contribution in [3.8, 4) is 22.8 Å². The minimum atomic E-state index is -0.417. The highest BCUT2D eigenvalue weighted by atomic mass is 16.5. The van der Waals surface area contributed by atoms with Crippen LogP contribution in [-0.2, 0) is 7.05 Å². The first-order valence-corrected chi connectivity index (χ1v) is 8.45. The van der Waals surface area contributed by atoms with Gasteiger partial charge in [-0.2, -0.15) is 5.10 Å². The average molecular weight is 380 g/mol. The molecule has 8 nitrogen and oxygen atoms in total. The van der Waals surface area contributed by atoms with Gasteiger partial charge >= 0.3 is 6.03 Å². The van der Waals surface area contributed by atoms with Crippen LogP contribution >= 0.6 is 0 Å². The second-order valence-electron chi connectivity index (χ2n) is 5.90. The van der Waals surface area contributed by atoms with Crippen LogP contribution in [0.5, 0.6) is 11.5 Å². The minimum Gasteiger partial charge on any atom is -0.497 e. The van der Waals surface area contributed by atoms with E-state index >= 15 is 0 Å². The summed E-state index contributed by atoms with van der Waals surface area (Å²) >= 11 is 0. The van der Waals surface area contributed by atoms with Gasteiger partial charge in [0.1, 0.15) is 11.5 Å². The first-order chi connectivity index (χ1) is 13.5. The van der Waals surface area contributed by atoms with Crippen LogP contribution in [-0.4, -0.2) is 30.0 Å². The Kier molecular flexibility index (Phi) is 5.59. The predicted octanol–water partition coefficient (Wildman–Crippen LogP) is 3.11. The standard InChI is InChI=1S/C20H20N4O4/c1-24-19(25)11-9-16(23-24)13-4-6-14(7-5-13)21-20(26)22-17-12-15(27-2)8-10-18(17)28-3/h4-12H,1-3H3,(H2,21,22,26). The van der Waals surface area contributed by atoms with Crippen LogP contribution < -0.4 is 25.7 Å². The number of anilines is 2. The molecule has 1 heterocycles. The Morgan fingerprint density at radius 3 is 2.36 bits per heavy atom. The van der Waals surface area contributed by atoms with Crippen molar-refractivity contribution in [1.82, 2.24) is 9.78 Å². The normalized spacial score (nSPS) is 10.2. The zero-order chi connectivity index (χ0) is 20.1. The van der Waals surface area contributed by atoms with E-state index in [9.17, 15) is 9.59 Å². The highest BCUT2D eigenvalue weighted by Crippen LogP contribution is 2.29. The molecule has 3 aromatic rings. The van der Waals surface area contributed by atoms with E-state index in [2.05, 4.69) is 15.7 Å². The molecule has 0 spiro atoms. The fraction of sp³-hybridized carbons (Fsp3) is 0.150. The molecular formula is C20H20N4O4. The molecule has 2 N–H and O–H groups in total. The van der Waals surface area contributed by atoms with Crippen LogP contribution in [0.15, 0.2) is 59.4 Å². The third-order valence-electron chi connectivity index (χ3n) is 4.05. The Labute approximate surface area is 161 Å². The Hall–Kier alpha value is -3.81. The van der Waals surface area contributed by atoms with Gasteiger partial charge in [0.15, 0.2) is 0 Å². The van der Waals surface area contributed by atoms with Crippen LogP contribution in [0.2, 0.25) is 0 Å². The number of rotatable bonds is 5. The van der Waals surface area contributed by atoms with Gasteiger partial charge in [0.2, 0.25) is 0 Å².